The van der Waals surface area contributed by atoms with Gasteiger partial charge in [-0.15, -0.1) is 0 Å². The van der Waals surface area contributed by atoms with Crippen molar-refractivity contribution in [1.82, 2.24) is 0 Å². The fourth-order valence-electron chi connectivity index (χ4n) is 6.48. The topological polar surface area (TPSA) is 126 Å². The fourth-order valence-corrected chi connectivity index (χ4v) is 6.48. The van der Waals surface area contributed by atoms with Gasteiger partial charge in [-0.3, -0.25) is 0 Å². The van der Waals surface area contributed by atoms with E-state index in [1.54, 1.807) is 27.7 Å². The summed E-state index contributed by atoms with van der Waals surface area (Å²) in [5.74, 6) is 1.10. The van der Waals surface area contributed by atoms with Crippen LogP contribution < -0.4 is 0 Å². The summed E-state index contributed by atoms with van der Waals surface area (Å²) in [6.45, 7) is 24.9. The summed E-state index contributed by atoms with van der Waals surface area (Å²) in [6.07, 6.45) is 11.9. The van der Waals surface area contributed by atoms with E-state index < -0.39 is 11.9 Å². The zero-order chi connectivity index (χ0) is 40.0. The van der Waals surface area contributed by atoms with Gasteiger partial charge in [0.15, 0.2) is 0 Å². The van der Waals surface area contributed by atoms with Crippen molar-refractivity contribution in [3.63, 3.8) is 0 Å². The van der Waals surface area contributed by atoms with Crippen LogP contribution >= 0.6 is 0 Å². The van der Waals surface area contributed by atoms with Gasteiger partial charge in [0, 0.05) is 33.6 Å². The van der Waals surface area contributed by atoms with Gasteiger partial charge in [0.1, 0.15) is 36.9 Å². The molecular weight excluding hydrogens is 708 g/mol. The smallest absolute Gasteiger partial charge is 0.333 e. The SMILES string of the molecule is C=C(C)C(=O)OC(C)COC(C)COCCOCCOC1=CC2=CC=C1C2C1(C)C2=CC=C1C(OCCOCCOCC(C)OCC(C)OC(=O)C(=C)C)=C2. The quantitative estimate of drug-likeness (QED) is 0.0499. The minimum atomic E-state index is -0.420. The molecule has 0 spiro atoms. The van der Waals surface area contributed by atoms with Crippen molar-refractivity contribution in [2.45, 2.75) is 72.9 Å². The molecule has 304 valence electrons. The van der Waals surface area contributed by atoms with Gasteiger partial charge in [-0.25, -0.2) is 9.59 Å². The van der Waals surface area contributed by atoms with Crippen LogP contribution in [0.2, 0.25) is 0 Å². The molecule has 0 amide bonds. The molecule has 4 bridgehead atoms. The Balaban J connectivity index is 1.04. The summed E-state index contributed by atoms with van der Waals surface area (Å²) in [7, 11) is 0. The fraction of sp³-hybridized carbons (Fsp3) is 0.581. The summed E-state index contributed by atoms with van der Waals surface area (Å²) in [5, 5.41) is 0. The van der Waals surface area contributed by atoms with Crippen LogP contribution in [0.1, 0.15) is 48.5 Å². The number of allylic oxidation sites excluding steroid dienone is 10. The summed E-state index contributed by atoms with van der Waals surface area (Å²) in [5.41, 5.74) is 5.31. The first-order valence-electron chi connectivity index (χ1n) is 19.1. The van der Waals surface area contributed by atoms with E-state index in [9.17, 15) is 9.59 Å². The minimum Gasteiger partial charge on any atom is -0.491 e. The summed E-state index contributed by atoms with van der Waals surface area (Å²) < 4.78 is 57.1. The van der Waals surface area contributed by atoms with Gasteiger partial charge in [0.25, 0.3) is 0 Å². The second kappa shape index (κ2) is 21.5. The Kier molecular flexibility index (Phi) is 17.2. The second-order valence-corrected chi connectivity index (χ2v) is 14.5. The van der Waals surface area contributed by atoms with Crippen molar-refractivity contribution in [3.05, 3.63) is 94.6 Å². The summed E-state index contributed by atoms with van der Waals surface area (Å²) >= 11 is 0. The zero-order valence-corrected chi connectivity index (χ0v) is 33.6. The molecule has 0 aromatic carbocycles. The highest BCUT2D eigenvalue weighted by Gasteiger charge is 2.53. The van der Waals surface area contributed by atoms with Gasteiger partial charge in [-0.05, 0) is 64.8 Å². The van der Waals surface area contributed by atoms with Crippen molar-refractivity contribution in [2.75, 3.05) is 79.3 Å². The van der Waals surface area contributed by atoms with Crippen LogP contribution in [0.3, 0.4) is 0 Å². The molecule has 12 nitrogen and oxygen atoms in total. The lowest BCUT2D eigenvalue weighted by Crippen LogP contribution is -2.27. The molecule has 0 saturated heterocycles. The molecule has 55 heavy (non-hydrogen) atoms. The highest BCUT2D eigenvalue weighted by molar-refractivity contribution is 5.87. The third kappa shape index (κ3) is 12.6. The van der Waals surface area contributed by atoms with Gasteiger partial charge < -0.3 is 47.4 Å². The van der Waals surface area contributed by atoms with Crippen LogP contribution in [0.15, 0.2) is 94.6 Å². The number of carbonyl (C=O) groups excluding carboxylic acids is 2. The van der Waals surface area contributed by atoms with Crippen molar-refractivity contribution < 1.29 is 57.0 Å². The Bertz CT molecular complexity index is 1560. The second-order valence-electron chi connectivity index (χ2n) is 14.5. The lowest BCUT2D eigenvalue weighted by Gasteiger charge is -2.33. The molecule has 4 aliphatic rings. The number of esters is 2. The normalized spacial score (nSPS) is 21.4. The number of fused-ring (bicyclic) bond motifs is 5. The average molecular weight is 769 g/mol. The van der Waals surface area contributed by atoms with Crippen LogP contribution in [0.4, 0.5) is 0 Å². The molecule has 4 rings (SSSR count). The van der Waals surface area contributed by atoms with Crippen LogP contribution in [-0.4, -0.2) is 116 Å². The molecular formula is C43H60O12. The summed E-state index contributed by atoms with van der Waals surface area (Å²) in [6, 6.07) is 0. The van der Waals surface area contributed by atoms with E-state index in [2.05, 4.69) is 56.5 Å². The highest BCUT2D eigenvalue weighted by atomic mass is 16.6. The first-order chi connectivity index (χ1) is 26.3. The molecule has 6 atom stereocenters. The molecule has 0 radical (unpaired) electrons. The number of carbonyl (C=O) groups is 2. The maximum absolute atomic E-state index is 11.6. The van der Waals surface area contributed by atoms with Crippen molar-refractivity contribution in [3.8, 4) is 0 Å². The van der Waals surface area contributed by atoms with E-state index in [1.165, 1.54) is 22.3 Å². The van der Waals surface area contributed by atoms with Crippen LogP contribution in [0, 0.1) is 11.3 Å². The third-order valence-electron chi connectivity index (χ3n) is 9.36. The molecule has 12 heteroatoms. The van der Waals surface area contributed by atoms with Crippen molar-refractivity contribution in [2.24, 2.45) is 11.3 Å². The van der Waals surface area contributed by atoms with E-state index in [0.717, 1.165) is 11.5 Å². The first kappa shape index (κ1) is 43.9. The van der Waals surface area contributed by atoms with E-state index in [1.807, 2.05) is 13.8 Å². The number of rotatable bonds is 29. The lowest BCUT2D eigenvalue weighted by atomic mass is 9.69. The third-order valence-corrected chi connectivity index (χ3v) is 9.36. The number of ether oxygens (including phenoxy) is 10. The Morgan fingerprint density at radius 1 is 0.618 bits per heavy atom. The summed E-state index contributed by atoms with van der Waals surface area (Å²) in [4.78, 5) is 23.2. The van der Waals surface area contributed by atoms with Gasteiger partial charge >= 0.3 is 11.9 Å². The first-order valence-corrected chi connectivity index (χ1v) is 19.1. The molecule has 0 aromatic rings. The largest absolute Gasteiger partial charge is 0.491 e. The van der Waals surface area contributed by atoms with Crippen LogP contribution in [0.5, 0.6) is 0 Å². The monoisotopic (exact) mass is 768 g/mol. The zero-order valence-electron chi connectivity index (χ0n) is 33.6. The highest BCUT2D eigenvalue weighted by Crippen LogP contribution is 2.62. The Hall–Kier alpha value is -3.78. The molecule has 0 N–H and O–H groups in total. The Labute approximate surface area is 326 Å². The van der Waals surface area contributed by atoms with Crippen molar-refractivity contribution >= 4 is 11.9 Å². The lowest BCUT2D eigenvalue weighted by molar-refractivity contribution is -0.148. The molecule has 0 heterocycles. The minimum absolute atomic E-state index is 0.146. The predicted molar refractivity (Wildman–Crippen MR) is 207 cm³/mol. The molecule has 0 saturated carbocycles. The van der Waals surface area contributed by atoms with Crippen LogP contribution in [0.25, 0.3) is 0 Å². The molecule has 0 aliphatic heterocycles. The van der Waals surface area contributed by atoms with Crippen LogP contribution in [-0.2, 0) is 57.0 Å². The number of hydrogen-bond donors (Lipinski definition) is 0. The van der Waals surface area contributed by atoms with E-state index >= 15 is 0 Å². The van der Waals surface area contributed by atoms with E-state index in [-0.39, 0.29) is 49.0 Å². The van der Waals surface area contributed by atoms with Gasteiger partial charge in [0.2, 0.25) is 0 Å². The van der Waals surface area contributed by atoms with E-state index in [0.29, 0.717) is 77.2 Å². The van der Waals surface area contributed by atoms with Crippen molar-refractivity contribution in [1.29, 1.82) is 0 Å². The Morgan fingerprint density at radius 3 is 1.64 bits per heavy atom. The molecule has 0 aromatic heterocycles. The molecule has 4 aliphatic carbocycles. The Morgan fingerprint density at radius 2 is 1.11 bits per heavy atom. The standard InChI is InChI=1S/C43H60O12/c1-28(2)41(44)54-32(7)26-52-30(5)24-48-16-14-46-18-20-50-38-22-34-10-12-36(38)40(34)43(9)35-11-13-37(43)39(23-35)51-21-19-47-15-17-49-25-31(6)53-27-33(8)55-42(45)29(3)4/h10-13,22-23,30-33,40H,1,3,14-21,24-27H2,2,4-9H3. The average Bonchev–Trinajstić information content (AvgIpc) is 3.88. The molecule has 6 unspecified atom stereocenters. The maximum Gasteiger partial charge on any atom is 0.333 e. The number of hydrogen-bond acceptors (Lipinski definition) is 12. The van der Waals surface area contributed by atoms with Gasteiger partial charge in [-0.1, -0.05) is 44.4 Å². The van der Waals surface area contributed by atoms with E-state index in [4.69, 9.17) is 47.4 Å². The van der Waals surface area contributed by atoms with Gasteiger partial charge in [-0.2, -0.15) is 0 Å². The predicted octanol–water partition coefficient (Wildman–Crippen LogP) is 6.06. The molecule has 0 fully saturated rings. The van der Waals surface area contributed by atoms with Gasteiger partial charge in [0.05, 0.1) is 78.3 Å². The maximum atomic E-state index is 11.6.